The third kappa shape index (κ3) is 3.25. The van der Waals surface area contributed by atoms with Crippen molar-refractivity contribution in [3.63, 3.8) is 0 Å². The van der Waals surface area contributed by atoms with E-state index in [1.54, 1.807) is 20.9 Å². The lowest BCUT2D eigenvalue weighted by molar-refractivity contribution is 0.0687. The molecule has 1 unspecified atom stereocenters. The van der Waals surface area contributed by atoms with Gasteiger partial charge < -0.3 is 9.42 Å². The van der Waals surface area contributed by atoms with Crippen molar-refractivity contribution >= 4 is 17.2 Å². The number of carbonyl (C=O) groups excluding carboxylic acids is 1. The second-order valence-corrected chi connectivity index (χ2v) is 8.79. The lowest BCUT2D eigenvalue weighted by Crippen LogP contribution is -2.46. The lowest BCUT2D eigenvalue weighted by atomic mass is 9.78. The summed E-state index contributed by atoms with van der Waals surface area (Å²) in [6, 6.07) is 6.57. The van der Waals surface area contributed by atoms with Crippen LogP contribution >= 0.6 is 11.3 Å². The van der Waals surface area contributed by atoms with Crippen LogP contribution in [0.2, 0.25) is 0 Å². The summed E-state index contributed by atoms with van der Waals surface area (Å²) in [5, 5.41) is 10.2. The fourth-order valence-corrected chi connectivity index (χ4v) is 5.18. The van der Waals surface area contributed by atoms with E-state index in [1.807, 2.05) is 30.9 Å². The van der Waals surface area contributed by atoms with Crippen molar-refractivity contribution in [2.24, 2.45) is 7.05 Å². The fraction of sp³-hybridized carbons (Fsp3) is 0.227. The molecule has 31 heavy (non-hydrogen) atoms. The number of amides is 1. The van der Waals surface area contributed by atoms with Gasteiger partial charge in [0, 0.05) is 54.3 Å². The minimum Gasteiger partial charge on any atom is -0.355 e. The first-order chi connectivity index (χ1) is 14.8. The molecule has 0 saturated heterocycles. The number of aryl methyl sites for hydroxylation is 1. The number of hydrogen-bond donors (Lipinski definition) is 0. The molecule has 5 rings (SSSR count). The van der Waals surface area contributed by atoms with Gasteiger partial charge in [0.05, 0.1) is 11.8 Å². The number of carbonyl (C=O) groups is 1. The summed E-state index contributed by atoms with van der Waals surface area (Å²) < 4.78 is 34.2. The van der Waals surface area contributed by atoms with Crippen molar-refractivity contribution in [3.05, 3.63) is 81.4 Å². The van der Waals surface area contributed by atoms with Gasteiger partial charge in [0.25, 0.3) is 5.91 Å². The van der Waals surface area contributed by atoms with E-state index in [1.165, 1.54) is 17.0 Å². The van der Waals surface area contributed by atoms with E-state index < -0.39 is 17.0 Å². The molecule has 0 saturated carbocycles. The summed E-state index contributed by atoms with van der Waals surface area (Å²) in [4.78, 5) is 16.2. The zero-order valence-corrected chi connectivity index (χ0v) is 17.6. The zero-order chi connectivity index (χ0) is 21.8. The highest BCUT2D eigenvalue weighted by Crippen LogP contribution is 2.42. The van der Waals surface area contributed by atoms with Gasteiger partial charge in [-0.3, -0.25) is 9.48 Å². The molecule has 0 spiro atoms. The molecule has 0 fully saturated rings. The van der Waals surface area contributed by atoms with Crippen molar-refractivity contribution in [1.29, 1.82) is 0 Å². The van der Waals surface area contributed by atoms with Crippen LogP contribution in [0.5, 0.6) is 0 Å². The topological polar surface area (TPSA) is 64.2 Å². The van der Waals surface area contributed by atoms with Gasteiger partial charge in [0.15, 0.2) is 11.5 Å². The van der Waals surface area contributed by atoms with Gasteiger partial charge in [0.1, 0.15) is 11.6 Å². The number of nitrogens with zero attached hydrogens (tertiary/aromatic N) is 4. The number of rotatable bonds is 3. The SMILES string of the molecule is Cn1cc(C2(C)CN(C(=O)c3cc(-c4ccc(F)cc4F)on3)Cc3ccsc32)cn1. The summed E-state index contributed by atoms with van der Waals surface area (Å²) in [6.07, 6.45) is 3.78. The maximum atomic E-state index is 14.1. The van der Waals surface area contributed by atoms with Crippen LogP contribution in [0.25, 0.3) is 11.3 Å². The van der Waals surface area contributed by atoms with Gasteiger partial charge in [0.2, 0.25) is 0 Å². The quantitative estimate of drug-likeness (QED) is 0.474. The Morgan fingerprint density at radius 1 is 1.26 bits per heavy atom. The molecule has 0 N–H and O–H groups in total. The highest BCUT2D eigenvalue weighted by Gasteiger charge is 2.41. The summed E-state index contributed by atoms with van der Waals surface area (Å²) in [5.74, 6) is -1.71. The standard InChI is InChI=1S/C22H18F2N4O2S/c1-22(14-9-25-27(2)11-14)12-28(10-13-5-6-31-20(13)22)21(29)18-8-19(30-26-18)16-4-3-15(23)7-17(16)24/h3-9,11H,10,12H2,1-2H3. The second kappa shape index (κ2) is 7.12. The summed E-state index contributed by atoms with van der Waals surface area (Å²) in [6.45, 7) is 2.99. The summed E-state index contributed by atoms with van der Waals surface area (Å²) >= 11 is 1.67. The molecule has 0 bridgehead atoms. The van der Waals surface area contributed by atoms with Gasteiger partial charge in [-0.05, 0) is 36.1 Å². The fourth-order valence-electron chi connectivity index (χ4n) is 4.09. The van der Waals surface area contributed by atoms with E-state index in [-0.39, 0.29) is 22.9 Å². The predicted octanol–water partition coefficient (Wildman–Crippen LogP) is 4.38. The molecule has 0 aliphatic carbocycles. The van der Waals surface area contributed by atoms with E-state index >= 15 is 0 Å². The van der Waals surface area contributed by atoms with Crippen molar-refractivity contribution in [2.75, 3.05) is 6.54 Å². The molecule has 6 nitrogen and oxygen atoms in total. The van der Waals surface area contributed by atoms with Gasteiger partial charge in [-0.1, -0.05) is 5.16 Å². The molecule has 158 valence electrons. The monoisotopic (exact) mass is 440 g/mol. The molecule has 1 aromatic carbocycles. The van der Waals surface area contributed by atoms with Gasteiger partial charge in [-0.2, -0.15) is 5.10 Å². The Bertz CT molecular complexity index is 1290. The Kier molecular flexibility index (Phi) is 4.51. The Hall–Kier alpha value is -3.33. The molecule has 1 atom stereocenters. The van der Waals surface area contributed by atoms with Crippen molar-refractivity contribution in [3.8, 4) is 11.3 Å². The maximum Gasteiger partial charge on any atom is 0.276 e. The number of hydrogen-bond acceptors (Lipinski definition) is 5. The Balaban J connectivity index is 1.47. The van der Waals surface area contributed by atoms with Gasteiger partial charge in [-0.15, -0.1) is 11.3 Å². The average Bonchev–Trinajstić information content (AvgIpc) is 3.48. The number of halogens is 2. The molecule has 1 aliphatic rings. The van der Waals surface area contributed by atoms with Crippen LogP contribution in [0.3, 0.4) is 0 Å². The summed E-state index contributed by atoms with van der Waals surface area (Å²) in [5.41, 5.74) is 1.80. The number of thiophene rings is 1. The normalized spacial score (nSPS) is 18.3. The molecule has 1 amide bonds. The molecular weight excluding hydrogens is 422 g/mol. The molecule has 9 heteroatoms. The predicted molar refractivity (Wildman–Crippen MR) is 111 cm³/mol. The Morgan fingerprint density at radius 3 is 2.84 bits per heavy atom. The van der Waals surface area contributed by atoms with Crippen LogP contribution in [0.4, 0.5) is 8.78 Å². The molecule has 4 heterocycles. The first kappa shape index (κ1) is 19.6. The molecule has 3 aromatic heterocycles. The van der Waals surface area contributed by atoms with Gasteiger partial charge >= 0.3 is 0 Å². The Morgan fingerprint density at radius 2 is 2.10 bits per heavy atom. The van der Waals surface area contributed by atoms with Crippen LogP contribution < -0.4 is 0 Å². The first-order valence-electron chi connectivity index (χ1n) is 9.62. The third-order valence-electron chi connectivity index (χ3n) is 5.67. The van der Waals surface area contributed by atoms with Crippen LogP contribution in [0.1, 0.15) is 33.4 Å². The van der Waals surface area contributed by atoms with Crippen molar-refractivity contribution in [1.82, 2.24) is 19.8 Å². The lowest BCUT2D eigenvalue weighted by Gasteiger charge is -2.39. The Labute approximate surface area is 180 Å². The van der Waals surface area contributed by atoms with Crippen LogP contribution in [0, 0.1) is 11.6 Å². The summed E-state index contributed by atoms with van der Waals surface area (Å²) in [7, 11) is 1.86. The van der Waals surface area contributed by atoms with E-state index in [2.05, 4.69) is 17.2 Å². The number of benzene rings is 1. The third-order valence-corrected chi connectivity index (χ3v) is 6.89. The minimum atomic E-state index is -0.778. The van der Waals surface area contributed by atoms with E-state index in [9.17, 15) is 13.6 Å². The number of fused-ring (bicyclic) bond motifs is 1. The van der Waals surface area contributed by atoms with Gasteiger partial charge in [-0.25, -0.2) is 8.78 Å². The molecule has 4 aromatic rings. The largest absolute Gasteiger partial charge is 0.355 e. The smallest absolute Gasteiger partial charge is 0.276 e. The van der Waals surface area contributed by atoms with Crippen LogP contribution in [-0.2, 0) is 19.0 Å². The highest BCUT2D eigenvalue weighted by molar-refractivity contribution is 7.10. The van der Waals surface area contributed by atoms with E-state index in [4.69, 9.17) is 4.52 Å². The van der Waals surface area contributed by atoms with Crippen LogP contribution in [0.15, 0.2) is 52.6 Å². The molecule has 1 aliphatic heterocycles. The molecule has 0 radical (unpaired) electrons. The second-order valence-electron chi connectivity index (χ2n) is 7.87. The maximum absolute atomic E-state index is 14.1. The molecular formula is C22H18F2N4O2S. The van der Waals surface area contributed by atoms with E-state index in [0.717, 1.165) is 23.3 Å². The highest BCUT2D eigenvalue weighted by atomic mass is 32.1. The zero-order valence-electron chi connectivity index (χ0n) is 16.8. The van der Waals surface area contributed by atoms with Crippen molar-refractivity contribution < 1.29 is 18.1 Å². The van der Waals surface area contributed by atoms with Crippen molar-refractivity contribution in [2.45, 2.75) is 18.9 Å². The number of aromatic nitrogens is 3. The van der Waals surface area contributed by atoms with E-state index in [0.29, 0.717) is 13.1 Å². The average molecular weight is 440 g/mol. The first-order valence-corrected chi connectivity index (χ1v) is 10.5. The van der Waals surface area contributed by atoms with Crippen LogP contribution in [-0.4, -0.2) is 32.3 Å². The minimum absolute atomic E-state index is 0.0481.